The van der Waals surface area contributed by atoms with Crippen LogP contribution >= 0.6 is 11.8 Å². The monoisotopic (exact) mass is 426 g/mol. The Labute approximate surface area is 176 Å². The Bertz CT molecular complexity index is 1030. The smallest absolute Gasteiger partial charge is 0.339 e. The minimum absolute atomic E-state index is 0.0999. The van der Waals surface area contributed by atoms with E-state index in [9.17, 15) is 19.2 Å². The predicted octanol–water partition coefficient (Wildman–Crippen LogP) is 3.37. The molecule has 0 unspecified atom stereocenters. The third-order valence-electron chi connectivity index (χ3n) is 4.26. The van der Waals surface area contributed by atoms with Gasteiger partial charge >= 0.3 is 11.9 Å². The highest BCUT2D eigenvalue weighted by molar-refractivity contribution is 8.18. The molecule has 0 bridgehead atoms. The van der Waals surface area contributed by atoms with Crippen LogP contribution in [0.5, 0.6) is 0 Å². The first-order valence-corrected chi connectivity index (χ1v) is 9.61. The number of methoxy groups -OCH3 is 2. The van der Waals surface area contributed by atoms with Crippen LogP contribution in [0.2, 0.25) is 0 Å². The number of hydrogen-bond donors (Lipinski definition) is 1. The number of amides is 2. The van der Waals surface area contributed by atoms with Crippen LogP contribution in [0.1, 0.15) is 26.3 Å². The number of esters is 2. The highest BCUT2D eigenvalue weighted by Gasteiger charge is 2.35. The van der Waals surface area contributed by atoms with Crippen molar-refractivity contribution in [2.24, 2.45) is 0 Å². The maximum Gasteiger partial charge on any atom is 0.339 e. The SMILES string of the molecule is COC(=O)c1ccc(C=C2SC(=O)N(CNc3ccccc3C(=O)OC)C2=O)cc1. The van der Waals surface area contributed by atoms with Gasteiger partial charge in [0.25, 0.3) is 11.1 Å². The average Bonchev–Trinajstić information content (AvgIpc) is 3.04. The molecule has 0 spiro atoms. The zero-order valence-corrected chi connectivity index (χ0v) is 17.0. The number of carbonyl (C=O) groups excluding carboxylic acids is 4. The van der Waals surface area contributed by atoms with E-state index in [1.54, 1.807) is 54.6 Å². The quantitative estimate of drug-likeness (QED) is 0.554. The molecule has 2 aromatic rings. The van der Waals surface area contributed by atoms with Gasteiger partial charge in [-0.1, -0.05) is 24.3 Å². The fourth-order valence-corrected chi connectivity index (χ4v) is 3.55. The number of benzene rings is 2. The predicted molar refractivity (Wildman–Crippen MR) is 112 cm³/mol. The molecular formula is C21H18N2O6S. The summed E-state index contributed by atoms with van der Waals surface area (Å²) in [5.41, 5.74) is 1.80. The Kier molecular flexibility index (Phi) is 6.53. The van der Waals surface area contributed by atoms with Crippen molar-refractivity contribution < 1.29 is 28.7 Å². The van der Waals surface area contributed by atoms with Crippen molar-refractivity contribution in [3.63, 3.8) is 0 Å². The molecule has 1 saturated heterocycles. The maximum absolute atomic E-state index is 12.6. The number of imide groups is 1. The summed E-state index contributed by atoms with van der Waals surface area (Å²) in [6, 6.07) is 13.1. The van der Waals surface area contributed by atoms with E-state index < -0.39 is 23.1 Å². The van der Waals surface area contributed by atoms with Gasteiger partial charge in [0.15, 0.2) is 0 Å². The second-order valence-corrected chi connectivity index (χ2v) is 7.09. The number of hydrogen-bond acceptors (Lipinski definition) is 8. The van der Waals surface area contributed by atoms with E-state index in [1.807, 2.05) is 0 Å². The number of carbonyl (C=O) groups is 4. The molecule has 0 aromatic heterocycles. The molecule has 1 aliphatic rings. The van der Waals surface area contributed by atoms with Gasteiger partial charge in [-0.05, 0) is 47.7 Å². The Morgan fingerprint density at radius 3 is 2.33 bits per heavy atom. The molecule has 1 aliphatic heterocycles. The van der Waals surface area contributed by atoms with E-state index >= 15 is 0 Å². The van der Waals surface area contributed by atoms with Crippen molar-refractivity contribution >= 4 is 46.6 Å². The van der Waals surface area contributed by atoms with Crippen molar-refractivity contribution in [1.82, 2.24) is 4.90 Å². The van der Waals surface area contributed by atoms with Gasteiger partial charge in [-0.2, -0.15) is 0 Å². The Hall–Kier alpha value is -3.59. The number of thioether (sulfide) groups is 1. The van der Waals surface area contributed by atoms with Crippen molar-refractivity contribution in [3.05, 3.63) is 70.1 Å². The van der Waals surface area contributed by atoms with E-state index in [-0.39, 0.29) is 11.6 Å². The molecular weight excluding hydrogens is 408 g/mol. The second kappa shape index (κ2) is 9.27. The summed E-state index contributed by atoms with van der Waals surface area (Å²) in [7, 11) is 2.57. The van der Waals surface area contributed by atoms with Crippen LogP contribution in [0.25, 0.3) is 6.08 Å². The fourth-order valence-electron chi connectivity index (χ4n) is 2.71. The molecule has 8 nitrogen and oxygen atoms in total. The lowest BCUT2D eigenvalue weighted by molar-refractivity contribution is -0.122. The van der Waals surface area contributed by atoms with Crippen LogP contribution in [0.3, 0.4) is 0 Å². The second-order valence-electron chi connectivity index (χ2n) is 6.10. The lowest BCUT2D eigenvalue weighted by atomic mass is 10.1. The van der Waals surface area contributed by atoms with E-state index in [4.69, 9.17) is 4.74 Å². The lowest BCUT2D eigenvalue weighted by Gasteiger charge is -2.16. The molecule has 0 saturated carbocycles. The van der Waals surface area contributed by atoms with Crippen LogP contribution in [0.4, 0.5) is 10.5 Å². The van der Waals surface area contributed by atoms with Gasteiger partial charge in [0.2, 0.25) is 0 Å². The highest BCUT2D eigenvalue weighted by atomic mass is 32.2. The molecule has 3 rings (SSSR count). The molecule has 2 amide bonds. The zero-order valence-electron chi connectivity index (χ0n) is 16.2. The van der Waals surface area contributed by atoms with E-state index in [1.165, 1.54) is 14.2 Å². The van der Waals surface area contributed by atoms with Gasteiger partial charge in [0, 0.05) is 0 Å². The average molecular weight is 426 g/mol. The third kappa shape index (κ3) is 4.52. The summed E-state index contributed by atoms with van der Waals surface area (Å²) in [6.07, 6.45) is 1.58. The molecule has 0 radical (unpaired) electrons. The van der Waals surface area contributed by atoms with E-state index in [0.717, 1.165) is 16.7 Å². The number of ether oxygens (including phenoxy) is 2. The molecule has 0 atom stereocenters. The number of anilines is 1. The minimum Gasteiger partial charge on any atom is -0.465 e. The highest BCUT2D eigenvalue weighted by Crippen LogP contribution is 2.32. The van der Waals surface area contributed by atoms with Crippen LogP contribution in [-0.4, -0.2) is 48.9 Å². The van der Waals surface area contributed by atoms with Crippen LogP contribution in [0.15, 0.2) is 53.4 Å². The summed E-state index contributed by atoms with van der Waals surface area (Å²) < 4.78 is 9.38. The first kappa shape index (κ1) is 21.1. The normalized spacial score (nSPS) is 14.7. The summed E-state index contributed by atoms with van der Waals surface area (Å²) in [5.74, 6) is -1.44. The van der Waals surface area contributed by atoms with Crippen molar-refractivity contribution in [1.29, 1.82) is 0 Å². The molecule has 2 aromatic carbocycles. The van der Waals surface area contributed by atoms with E-state index in [2.05, 4.69) is 10.1 Å². The zero-order chi connectivity index (χ0) is 21.7. The number of nitrogens with zero attached hydrogens (tertiary/aromatic N) is 1. The summed E-state index contributed by atoms with van der Waals surface area (Å²) in [4.78, 5) is 49.6. The molecule has 0 aliphatic carbocycles. The molecule has 30 heavy (non-hydrogen) atoms. The first-order chi connectivity index (χ1) is 14.4. The van der Waals surface area contributed by atoms with Crippen molar-refractivity contribution in [2.75, 3.05) is 26.2 Å². The van der Waals surface area contributed by atoms with Crippen molar-refractivity contribution in [3.8, 4) is 0 Å². The summed E-state index contributed by atoms with van der Waals surface area (Å²) >= 11 is 0.817. The largest absolute Gasteiger partial charge is 0.465 e. The summed E-state index contributed by atoms with van der Waals surface area (Å²) in [6.45, 7) is -0.0999. The Morgan fingerprint density at radius 2 is 1.67 bits per heavy atom. The van der Waals surface area contributed by atoms with Gasteiger partial charge in [-0.3, -0.25) is 14.5 Å². The fraction of sp³-hybridized carbons (Fsp3) is 0.143. The van der Waals surface area contributed by atoms with Gasteiger partial charge in [-0.15, -0.1) is 0 Å². The molecule has 154 valence electrons. The third-order valence-corrected chi connectivity index (χ3v) is 5.17. The van der Waals surface area contributed by atoms with Gasteiger partial charge in [0.05, 0.1) is 42.6 Å². The first-order valence-electron chi connectivity index (χ1n) is 8.79. The van der Waals surface area contributed by atoms with Crippen LogP contribution in [-0.2, 0) is 14.3 Å². The minimum atomic E-state index is -0.525. The van der Waals surface area contributed by atoms with Gasteiger partial charge in [-0.25, -0.2) is 9.59 Å². The van der Waals surface area contributed by atoms with Crippen molar-refractivity contribution in [2.45, 2.75) is 0 Å². The molecule has 9 heteroatoms. The number of nitrogens with one attached hydrogen (secondary N) is 1. The lowest BCUT2D eigenvalue weighted by Crippen LogP contribution is -2.33. The number of rotatable bonds is 6. The maximum atomic E-state index is 12.6. The molecule has 1 heterocycles. The van der Waals surface area contributed by atoms with Gasteiger partial charge < -0.3 is 14.8 Å². The topological polar surface area (TPSA) is 102 Å². The van der Waals surface area contributed by atoms with Crippen LogP contribution in [0, 0.1) is 0 Å². The Morgan fingerprint density at radius 1 is 1.00 bits per heavy atom. The molecule has 1 fully saturated rings. The standard InChI is InChI=1S/C21H18N2O6S/c1-28-19(25)14-9-7-13(8-10-14)11-17-18(24)23(21(27)30-17)12-22-16-6-4-3-5-15(16)20(26)29-2/h3-11,22H,12H2,1-2H3. The van der Waals surface area contributed by atoms with Crippen LogP contribution < -0.4 is 5.32 Å². The van der Waals surface area contributed by atoms with Gasteiger partial charge in [0.1, 0.15) is 0 Å². The Balaban J connectivity index is 1.72. The number of para-hydroxylation sites is 1. The van der Waals surface area contributed by atoms with E-state index in [0.29, 0.717) is 22.4 Å². The summed E-state index contributed by atoms with van der Waals surface area (Å²) in [5, 5.41) is 2.50. The molecule has 1 N–H and O–H groups in total.